The first kappa shape index (κ1) is 11.9. The lowest BCUT2D eigenvalue weighted by Crippen LogP contribution is -2.20. The van der Waals surface area contributed by atoms with Gasteiger partial charge >= 0.3 is 5.97 Å². The molecule has 92 valence electrons. The first-order valence-corrected chi connectivity index (χ1v) is 5.86. The zero-order chi connectivity index (χ0) is 12.3. The van der Waals surface area contributed by atoms with Crippen LogP contribution in [-0.4, -0.2) is 34.2 Å². The number of carboxylic acid groups (broad SMARTS) is 1. The lowest BCUT2D eigenvalue weighted by molar-refractivity contribution is -0.138. The largest absolute Gasteiger partial charge is 0.508 e. The molecule has 0 aromatic heterocycles. The highest BCUT2D eigenvalue weighted by molar-refractivity contribution is 5.67. The van der Waals surface area contributed by atoms with Gasteiger partial charge in [-0.25, -0.2) is 0 Å². The SMILES string of the molecule is O=C(O)CC1CCN(Cc2ccccc2O)C1. The van der Waals surface area contributed by atoms with Gasteiger partial charge in [-0.1, -0.05) is 18.2 Å². The van der Waals surface area contributed by atoms with E-state index in [1.165, 1.54) is 0 Å². The second-order valence-electron chi connectivity index (χ2n) is 4.62. The van der Waals surface area contributed by atoms with Crippen molar-refractivity contribution in [2.45, 2.75) is 19.4 Å². The summed E-state index contributed by atoms with van der Waals surface area (Å²) in [6.07, 6.45) is 1.18. The van der Waals surface area contributed by atoms with E-state index in [-0.39, 0.29) is 12.3 Å². The monoisotopic (exact) mass is 235 g/mol. The van der Waals surface area contributed by atoms with E-state index in [0.717, 1.165) is 25.1 Å². The molecule has 4 heteroatoms. The maximum Gasteiger partial charge on any atom is 0.303 e. The van der Waals surface area contributed by atoms with Crippen LogP contribution in [-0.2, 0) is 11.3 Å². The lowest BCUT2D eigenvalue weighted by Gasteiger charge is -2.16. The number of hydrogen-bond acceptors (Lipinski definition) is 3. The Bertz CT molecular complexity index is 405. The smallest absolute Gasteiger partial charge is 0.303 e. The summed E-state index contributed by atoms with van der Waals surface area (Å²) in [4.78, 5) is 12.8. The third-order valence-corrected chi connectivity index (χ3v) is 3.22. The summed E-state index contributed by atoms with van der Waals surface area (Å²) in [5.41, 5.74) is 0.906. The van der Waals surface area contributed by atoms with Gasteiger partial charge < -0.3 is 10.2 Å². The van der Waals surface area contributed by atoms with E-state index in [1.54, 1.807) is 12.1 Å². The minimum atomic E-state index is -0.723. The Hall–Kier alpha value is -1.55. The minimum absolute atomic E-state index is 0.247. The van der Waals surface area contributed by atoms with Crippen molar-refractivity contribution in [2.75, 3.05) is 13.1 Å². The molecule has 2 rings (SSSR count). The highest BCUT2D eigenvalue weighted by Crippen LogP contribution is 2.24. The second kappa shape index (κ2) is 5.19. The molecule has 0 bridgehead atoms. The number of aromatic hydroxyl groups is 1. The van der Waals surface area contributed by atoms with Crippen LogP contribution >= 0.6 is 0 Å². The number of rotatable bonds is 4. The number of carbonyl (C=O) groups is 1. The van der Waals surface area contributed by atoms with Crippen LogP contribution in [0.3, 0.4) is 0 Å². The molecule has 1 heterocycles. The molecule has 2 N–H and O–H groups in total. The van der Waals surface area contributed by atoms with Crippen LogP contribution in [0.15, 0.2) is 24.3 Å². The quantitative estimate of drug-likeness (QED) is 0.833. The van der Waals surface area contributed by atoms with Crippen molar-refractivity contribution in [1.29, 1.82) is 0 Å². The van der Waals surface area contributed by atoms with E-state index in [0.29, 0.717) is 12.3 Å². The molecule has 4 nitrogen and oxygen atoms in total. The Balaban J connectivity index is 1.90. The number of hydrogen-bond donors (Lipinski definition) is 2. The molecule has 0 saturated carbocycles. The molecule has 1 aromatic carbocycles. The van der Waals surface area contributed by atoms with Crippen LogP contribution in [0.5, 0.6) is 5.75 Å². The first-order valence-electron chi connectivity index (χ1n) is 5.86. The summed E-state index contributed by atoms with van der Waals surface area (Å²) >= 11 is 0. The van der Waals surface area contributed by atoms with Gasteiger partial charge in [0.2, 0.25) is 0 Å². The van der Waals surface area contributed by atoms with Crippen molar-refractivity contribution < 1.29 is 15.0 Å². The van der Waals surface area contributed by atoms with E-state index < -0.39 is 5.97 Å². The molecule has 17 heavy (non-hydrogen) atoms. The number of para-hydroxylation sites is 1. The zero-order valence-electron chi connectivity index (χ0n) is 9.67. The van der Waals surface area contributed by atoms with E-state index in [2.05, 4.69) is 4.90 Å². The molecule has 1 unspecified atom stereocenters. The molecule has 1 aromatic rings. The summed E-state index contributed by atoms with van der Waals surface area (Å²) < 4.78 is 0. The van der Waals surface area contributed by atoms with Gasteiger partial charge in [0.15, 0.2) is 0 Å². The number of phenolic OH excluding ortho intramolecular Hbond substituents is 1. The fourth-order valence-corrected chi connectivity index (χ4v) is 2.36. The molecular formula is C13H17NO3. The fourth-order valence-electron chi connectivity index (χ4n) is 2.36. The third kappa shape index (κ3) is 3.20. The highest BCUT2D eigenvalue weighted by Gasteiger charge is 2.24. The van der Waals surface area contributed by atoms with Crippen molar-refractivity contribution in [2.24, 2.45) is 5.92 Å². The molecule has 0 amide bonds. The minimum Gasteiger partial charge on any atom is -0.508 e. The summed E-state index contributed by atoms with van der Waals surface area (Å²) in [5.74, 6) is -0.160. The van der Waals surface area contributed by atoms with Gasteiger partial charge in [0.05, 0.1) is 0 Å². The van der Waals surface area contributed by atoms with Gasteiger partial charge in [-0.05, 0) is 24.9 Å². The first-order chi connectivity index (χ1) is 8.15. The van der Waals surface area contributed by atoms with Crippen molar-refractivity contribution in [3.8, 4) is 5.75 Å². The summed E-state index contributed by atoms with van der Waals surface area (Å²) in [6, 6.07) is 7.29. The van der Waals surface area contributed by atoms with Gasteiger partial charge in [-0.2, -0.15) is 0 Å². The highest BCUT2D eigenvalue weighted by atomic mass is 16.4. The van der Waals surface area contributed by atoms with Gasteiger partial charge in [-0.3, -0.25) is 9.69 Å². The molecule has 1 atom stereocenters. The third-order valence-electron chi connectivity index (χ3n) is 3.22. The second-order valence-corrected chi connectivity index (χ2v) is 4.62. The summed E-state index contributed by atoms with van der Waals surface area (Å²) in [5, 5.41) is 18.4. The molecular weight excluding hydrogens is 218 g/mol. The van der Waals surface area contributed by atoms with Gasteiger partial charge in [-0.15, -0.1) is 0 Å². The van der Waals surface area contributed by atoms with E-state index in [4.69, 9.17) is 5.11 Å². The van der Waals surface area contributed by atoms with Crippen molar-refractivity contribution in [1.82, 2.24) is 4.90 Å². The predicted molar refractivity (Wildman–Crippen MR) is 63.7 cm³/mol. The predicted octanol–water partition coefficient (Wildman–Crippen LogP) is 1.69. The summed E-state index contributed by atoms with van der Waals surface area (Å²) in [6.45, 7) is 2.41. The molecule has 0 spiro atoms. The fraction of sp³-hybridized carbons (Fsp3) is 0.462. The number of benzene rings is 1. The average molecular weight is 235 g/mol. The lowest BCUT2D eigenvalue weighted by atomic mass is 10.1. The number of nitrogens with zero attached hydrogens (tertiary/aromatic N) is 1. The zero-order valence-corrected chi connectivity index (χ0v) is 9.67. The summed E-state index contributed by atoms with van der Waals surface area (Å²) in [7, 11) is 0. The molecule has 0 radical (unpaired) electrons. The number of phenols is 1. The van der Waals surface area contributed by atoms with Crippen molar-refractivity contribution >= 4 is 5.97 Å². The van der Waals surface area contributed by atoms with Gasteiger partial charge in [0.25, 0.3) is 0 Å². The topological polar surface area (TPSA) is 60.8 Å². The molecule has 1 aliphatic heterocycles. The van der Waals surface area contributed by atoms with Gasteiger partial charge in [0.1, 0.15) is 5.75 Å². The van der Waals surface area contributed by atoms with Crippen LogP contribution in [0.2, 0.25) is 0 Å². The number of likely N-dealkylation sites (tertiary alicyclic amines) is 1. The van der Waals surface area contributed by atoms with E-state index in [9.17, 15) is 9.90 Å². The Morgan fingerprint density at radius 1 is 1.41 bits per heavy atom. The number of carboxylic acids is 1. The average Bonchev–Trinajstić information content (AvgIpc) is 2.68. The molecule has 1 aliphatic rings. The molecule has 0 aliphatic carbocycles. The number of aliphatic carboxylic acids is 1. The maximum absolute atomic E-state index is 10.6. The Kier molecular flexibility index (Phi) is 3.64. The van der Waals surface area contributed by atoms with Crippen molar-refractivity contribution in [3.05, 3.63) is 29.8 Å². The Labute approximate surface area is 100 Å². The standard InChI is InChI=1S/C13H17NO3/c15-12-4-2-1-3-11(12)9-14-6-5-10(8-14)7-13(16)17/h1-4,10,15H,5-9H2,(H,16,17). The van der Waals surface area contributed by atoms with Crippen LogP contribution in [0.25, 0.3) is 0 Å². The molecule has 1 fully saturated rings. The van der Waals surface area contributed by atoms with Crippen molar-refractivity contribution in [3.63, 3.8) is 0 Å². The Morgan fingerprint density at radius 2 is 2.18 bits per heavy atom. The van der Waals surface area contributed by atoms with Crippen LogP contribution in [0.4, 0.5) is 0 Å². The van der Waals surface area contributed by atoms with E-state index in [1.807, 2.05) is 12.1 Å². The van der Waals surface area contributed by atoms with E-state index >= 15 is 0 Å². The van der Waals surface area contributed by atoms with Crippen LogP contribution < -0.4 is 0 Å². The maximum atomic E-state index is 10.6. The molecule has 1 saturated heterocycles. The Morgan fingerprint density at radius 3 is 2.88 bits per heavy atom. The van der Waals surface area contributed by atoms with Crippen LogP contribution in [0, 0.1) is 5.92 Å². The van der Waals surface area contributed by atoms with Gasteiger partial charge in [0, 0.05) is 25.1 Å². The normalized spacial score (nSPS) is 20.6. The van der Waals surface area contributed by atoms with Crippen LogP contribution in [0.1, 0.15) is 18.4 Å².